The van der Waals surface area contributed by atoms with Crippen LogP contribution in [0.25, 0.3) is 0 Å². The number of hydrogen-bond donors (Lipinski definition) is 1. The summed E-state index contributed by atoms with van der Waals surface area (Å²) in [5.41, 5.74) is 4.95. The van der Waals surface area contributed by atoms with E-state index in [0.717, 1.165) is 0 Å². The molecule has 0 heterocycles. The fourth-order valence-corrected chi connectivity index (χ4v) is 1.45. The zero-order chi connectivity index (χ0) is 11.5. The molecule has 2 nitrogen and oxygen atoms in total. The first-order valence-corrected chi connectivity index (χ1v) is 4.81. The zero-order valence-electron chi connectivity index (χ0n) is 8.27. The average molecular weight is 236 g/mol. The maximum Gasteiger partial charge on any atom is 0.278 e. The van der Waals surface area contributed by atoms with Gasteiger partial charge in [-0.2, -0.15) is 0 Å². The lowest BCUT2D eigenvalue weighted by atomic mass is 10.0. The van der Waals surface area contributed by atoms with Gasteiger partial charge in [0.25, 0.3) is 5.92 Å². The van der Waals surface area contributed by atoms with Crippen molar-refractivity contribution in [2.45, 2.75) is 12.3 Å². The molecular weight excluding hydrogens is 224 g/mol. The Morgan fingerprint density at radius 2 is 2.13 bits per heavy atom. The Hall–Kier alpha value is -0.870. The van der Waals surface area contributed by atoms with Crippen LogP contribution in [-0.4, -0.2) is 13.7 Å². The summed E-state index contributed by atoms with van der Waals surface area (Å²) in [7, 11) is 1.33. The molecule has 0 aromatic heterocycles. The minimum atomic E-state index is -2.98. The Bertz CT molecular complexity index is 344. The second kappa shape index (κ2) is 4.77. The van der Waals surface area contributed by atoms with Crippen LogP contribution in [0.5, 0.6) is 5.75 Å². The Kier molecular flexibility index (Phi) is 3.88. The highest BCUT2D eigenvalue weighted by atomic mass is 35.5. The van der Waals surface area contributed by atoms with Crippen LogP contribution in [0.15, 0.2) is 18.2 Å². The first-order valence-electron chi connectivity index (χ1n) is 4.43. The number of halogens is 3. The molecule has 0 saturated carbocycles. The fourth-order valence-electron chi connectivity index (χ4n) is 1.28. The molecule has 0 bridgehead atoms. The van der Waals surface area contributed by atoms with Gasteiger partial charge >= 0.3 is 0 Å². The highest BCUT2D eigenvalue weighted by Crippen LogP contribution is 2.38. The number of hydrogen-bond acceptors (Lipinski definition) is 2. The van der Waals surface area contributed by atoms with E-state index in [-0.39, 0.29) is 17.9 Å². The average Bonchev–Trinajstić information content (AvgIpc) is 2.17. The Morgan fingerprint density at radius 3 is 2.67 bits per heavy atom. The highest BCUT2D eigenvalue weighted by molar-refractivity contribution is 6.30. The lowest BCUT2D eigenvalue weighted by Crippen LogP contribution is -2.19. The monoisotopic (exact) mass is 235 g/mol. The zero-order valence-corrected chi connectivity index (χ0v) is 9.02. The van der Waals surface area contributed by atoms with E-state index in [2.05, 4.69) is 0 Å². The van der Waals surface area contributed by atoms with Crippen molar-refractivity contribution in [3.8, 4) is 5.75 Å². The van der Waals surface area contributed by atoms with Gasteiger partial charge in [0, 0.05) is 11.4 Å². The second-order valence-electron chi connectivity index (χ2n) is 3.09. The summed E-state index contributed by atoms with van der Waals surface area (Å²) in [6.45, 7) is -0.0845. The van der Waals surface area contributed by atoms with Crippen LogP contribution in [0.2, 0.25) is 5.02 Å². The predicted molar refractivity (Wildman–Crippen MR) is 55.6 cm³/mol. The van der Waals surface area contributed by atoms with Gasteiger partial charge in [0.2, 0.25) is 0 Å². The van der Waals surface area contributed by atoms with Crippen molar-refractivity contribution >= 4 is 11.6 Å². The topological polar surface area (TPSA) is 35.2 Å². The largest absolute Gasteiger partial charge is 0.496 e. The van der Waals surface area contributed by atoms with Crippen LogP contribution in [0.4, 0.5) is 8.78 Å². The van der Waals surface area contributed by atoms with Crippen LogP contribution in [0, 0.1) is 0 Å². The van der Waals surface area contributed by atoms with Gasteiger partial charge in [-0.1, -0.05) is 11.6 Å². The predicted octanol–water partition coefficient (Wildman–Crippen LogP) is 2.79. The normalized spacial score (nSPS) is 11.5. The van der Waals surface area contributed by atoms with Crippen LogP contribution in [0.3, 0.4) is 0 Å². The van der Waals surface area contributed by atoms with E-state index >= 15 is 0 Å². The molecule has 0 atom stereocenters. The Morgan fingerprint density at radius 1 is 1.47 bits per heavy atom. The smallest absolute Gasteiger partial charge is 0.278 e. The summed E-state index contributed by atoms with van der Waals surface area (Å²) in [6.07, 6.45) is -0.412. The summed E-state index contributed by atoms with van der Waals surface area (Å²) in [5, 5.41) is 0.360. The summed E-state index contributed by atoms with van der Waals surface area (Å²) >= 11 is 5.67. The molecule has 1 aromatic rings. The summed E-state index contributed by atoms with van der Waals surface area (Å²) in [6, 6.07) is 4.03. The van der Waals surface area contributed by atoms with Crippen molar-refractivity contribution < 1.29 is 13.5 Å². The summed E-state index contributed by atoms with van der Waals surface area (Å²) in [4.78, 5) is 0. The van der Waals surface area contributed by atoms with Crippen molar-refractivity contribution in [2.24, 2.45) is 5.73 Å². The van der Waals surface area contributed by atoms with Crippen molar-refractivity contribution in [3.05, 3.63) is 28.8 Å². The van der Waals surface area contributed by atoms with Gasteiger partial charge in [-0.25, -0.2) is 8.78 Å². The van der Waals surface area contributed by atoms with Gasteiger partial charge in [0.1, 0.15) is 5.75 Å². The van der Waals surface area contributed by atoms with Gasteiger partial charge in [-0.05, 0) is 24.7 Å². The maximum atomic E-state index is 13.5. The second-order valence-corrected chi connectivity index (χ2v) is 3.52. The Labute approximate surface area is 92.0 Å². The van der Waals surface area contributed by atoms with Crippen LogP contribution in [-0.2, 0) is 5.92 Å². The molecule has 0 unspecified atom stereocenters. The van der Waals surface area contributed by atoms with E-state index in [1.807, 2.05) is 0 Å². The molecule has 0 aliphatic carbocycles. The van der Waals surface area contributed by atoms with Crippen LogP contribution >= 0.6 is 11.6 Å². The van der Waals surface area contributed by atoms with Gasteiger partial charge in [0.15, 0.2) is 0 Å². The van der Waals surface area contributed by atoms with E-state index in [0.29, 0.717) is 5.02 Å². The molecule has 15 heavy (non-hydrogen) atoms. The molecule has 0 aliphatic rings. The molecule has 0 amide bonds. The maximum absolute atomic E-state index is 13.5. The minimum Gasteiger partial charge on any atom is -0.496 e. The molecule has 0 spiro atoms. The number of methoxy groups -OCH3 is 1. The third kappa shape index (κ3) is 2.79. The number of rotatable bonds is 4. The molecular formula is C10H12ClF2NO. The third-order valence-corrected chi connectivity index (χ3v) is 2.25. The number of nitrogens with two attached hydrogens (primary N) is 1. The van der Waals surface area contributed by atoms with Crippen molar-refractivity contribution in [1.82, 2.24) is 0 Å². The molecule has 2 N–H and O–H groups in total. The fraction of sp³-hybridized carbons (Fsp3) is 0.400. The van der Waals surface area contributed by atoms with Crippen molar-refractivity contribution in [2.75, 3.05) is 13.7 Å². The highest BCUT2D eigenvalue weighted by Gasteiger charge is 2.33. The first-order chi connectivity index (χ1) is 7.01. The molecule has 0 radical (unpaired) electrons. The SMILES string of the molecule is COc1cc(Cl)ccc1C(F)(F)CCN. The van der Waals surface area contributed by atoms with Crippen molar-refractivity contribution in [3.63, 3.8) is 0 Å². The minimum absolute atomic E-state index is 0.0842. The first kappa shape index (κ1) is 12.2. The molecule has 0 fully saturated rings. The third-order valence-electron chi connectivity index (χ3n) is 2.02. The summed E-state index contributed by atoms with van der Waals surface area (Å²) < 4.78 is 31.9. The van der Waals surface area contributed by atoms with E-state index < -0.39 is 12.3 Å². The van der Waals surface area contributed by atoms with Crippen LogP contribution in [0.1, 0.15) is 12.0 Å². The molecule has 0 aliphatic heterocycles. The van der Waals surface area contributed by atoms with Gasteiger partial charge < -0.3 is 10.5 Å². The quantitative estimate of drug-likeness (QED) is 0.871. The summed E-state index contributed by atoms with van der Waals surface area (Å²) in [5.74, 6) is -2.90. The number of benzene rings is 1. The molecule has 1 rings (SSSR count). The van der Waals surface area contributed by atoms with Gasteiger partial charge in [0.05, 0.1) is 12.7 Å². The molecule has 1 aromatic carbocycles. The number of ether oxygens (including phenoxy) is 1. The van der Waals surface area contributed by atoms with E-state index in [1.54, 1.807) is 0 Å². The standard InChI is InChI=1S/C10H12ClF2NO/c1-15-9-6-7(11)2-3-8(9)10(12,13)4-5-14/h2-3,6H,4-5,14H2,1H3. The van der Waals surface area contributed by atoms with Crippen molar-refractivity contribution in [1.29, 1.82) is 0 Å². The van der Waals surface area contributed by atoms with Gasteiger partial charge in [-0.15, -0.1) is 0 Å². The van der Waals surface area contributed by atoms with E-state index in [4.69, 9.17) is 22.1 Å². The lowest BCUT2D eigenvalue weighted by Gasteiger charge is -2.18. The molecule has 0 saturated heterocycles. The molecule has 5 heteroatoms. The van der Waals surface area contributed by atoms with E-state index in [9.17, 15) is 8.78 Å². The Balaban J connectivity index is 3.12. The molecule has 84 valence electrons. The lowest BCUT2D eigenvalue weighted by molar-refractivity contribution is -0.0127. The van der Waals surface area contributed by atoms with E-state index in [1.165, 1.54) is 25.3 Å². The van der Waals surface area contributed by atoms with Crippen LogP contribution < -0.4 is 10.5 Å². The number of alkyl halides is 2. The van der Waals surface area contributed by atoms with Gasteiger partial charge in [-0.3, -0.25) is 0 Å².